The molecule has 50 heavy (non-hydrogen) atoms. The Morgan fingerprint density at radius 3 is 2.10 bits per heavy atom. The van der Waals surface area contributed by atoms with Gasteiger partial charge < -0.3 is 30.2 Å². The van der Waals surface area contributed by atoms with Crippen molar-refractivity contribution in [1.82, 2.24) is 5.32 Å². The van der Waals surface area contributed by atoms with Crippen molar-refractivity contribution in [3.05, 3.63) is 87.1 Å². The van der Waals surface area contributed by atoms with Crippen LogP contribution < -0.4 is 21.0 Å². The minimum absolute atomic E-state index is 0.0323. The number of ketones is 1. The molecule has 0 atom stereocenters. The van der Waals surface area contributed by atoms with Gasteiger partial charge in [0.1, 0.15) is 23.1 Å². The SMILES string of the molecule is C=C(\N=C(C)/C(=C\C)/C=C(\C)C(C)=O)Nc1cc(O)c(/C(=C/C)c2oc(N3CCNCC3)cc(=O)c2C)cc1O.CC.CC.CC1CCCC1. The maximum atomic E-state index is 12.8. The van der Waals surface area contributed by atoms with Gasteiger partial charge in [0.25, 0.3) is 0 Å². The van der Waals surface area contributed by atoms with Crippen molar-refractivity contribution in [3.63, 3.8) is 0 Å². The zero-order valence-electron chi connectivity index (χ0n) is 32.4. The number of nitrogens with one attached hydrogen (secondary N) is 2. The van der Waals surface area contributed by atoms with Gasteiger partial charge in [0, 0.05) is 60.7 Å². The van der Waals surface area contributed by atoms with Crippen LogP contribution in [-0.2, 0) is 4.79 Å². The Morgan fingerprint density at radius 2 is 1.60 bits per heavy atom. The van der Waals surface area contributed by atoms with E-state index in [-0.39, 0.29) is 34.2 Å². The monoisotopic (exact) mass is 690 g/mol. The molecule has 1 saturated heterocycles. The topological polar surface area (TPSA) is 127 Å². The van der Waals surface area contributed by atoms with Gasteiger partial charge in [-0.25, -0.2) is 4.99 Å². The largest absolute Gasteiger partial charge is 0.507 e. The van der Waals surface area contributed by atoms with E-state index >= 15 is 0 Å². The first-order valence-corrected chi connectivity index (χ1v) is 18.1. The summed E-state index contributed by atoms with van der Waals surface area (Å²) in [6, 6.07) is 4.27. The minimum Gasteiger partial charge on any atom is -0.507 e. The van der Waals surface area contributed by atoms with Crippen LogP contribution in [0.1, 0.15) is 112 Å². The van der Waals surface area contributed by atoms with Crippen molar-refractivity contribution in [3.8, 4) is 11.5 Å². The highest BCUT2D eigenvalue weighted by Gasteiger charge is 2.22. The number of allylic oxidation sites excluding steroid dienone is 5. The van der Waals surface area contributed by atoms with Crippen molar-refractivity contribution in [2.75, 3.05) is 36.4 Å². The number of phenolic OH excluding ortho intramolecular Hbond substituents is 2. The molecule has 9 nitrogen and oxygen atoms in total. The molecule has 2 heterocycles. The third kappa shape index (κ3) is 12.8. The Morgan fingerprint density at radius 1 is 1.00 bits per heavy atom. The van der Waals surface area contributed by atoms with Gasteiger partial charge in [-0.15, -0.1) is 0 Å². The van der Waals surface area contributed by atoms with Gasteiger partial charge in [-0.05, 0) is 70.7 Å². The third-order valence-corrected chi connectivity index (χ3v) is 8.42. The first kappa shape index (κ1) is 43.7. The lowest BCUT2D eigenvalue weighted by Gasteiger charge is -2.28. The van der Waals surface area contributed by atoms with E-state index in [0.29, 0.717) is 52.7 Å². The number of Topliss-reactive ketones (excluding diaryl/α,β-unsaturated/α-hetero) is 1. The number of carbonyl (C=O) groups is 1. The fraction of sp³-hybridized carbons (Fsp3) is 0.488. The maximum absolute atomic E-state index is 12.8. The smallest absolute Gasteiger partial charge is 0.200 e. The highest BCUT2D eigenvalue weighted by Crippen LogP contribution is 2.39. The average Bonchev–Trinajstić information content (AvgIpc) is 3.60. The van der Waals surface area contributed by atoms with E-state index in [9.17, 15) is 19.8 Å². The summed E-state index contributed by atoms with van der Waals surface area (Å²) in [6.07, 6.45) is 11.3. The number of hydrogen-bond donors (Lipinski definition) is 4. The molecule has 1 aromatic heterocycles. The average molecular weight is 691 g/mol. The lowest BCUT2D eigenvalue weighted by molar-refractivity contribution is -0.113. The molecule has 0 spiro atoms. The van der Waals surface area contributed by atoms with Crippen LogP contribution in [-0.4, -0.2) is 47.9 Å². The molecule has 2 aromatic rings. The Bertz CT molecular complexity index is 1600. The predicted molar refractivity (Wildman–Crippen MR) is 212 cm³/mol. The van der Waals surface area contributed by atoms with E-state index in [1.807, 2.05) is 45.6 Å². The van der Waals surface area contributed by atoms with E-state index in [4.69, 9.17) is 4.42 Å². The van der Waals surface area contributed by atoms with Crippen molar-refractivity contribution >= 4 is 28.6 Å². The summed E-state index contributed by atoms with van der Waals surface area (Å²) in [5.41, 5.74) is 3.19. The number of aliphatic imine (C=N–C) groups is 1. The minimum atomic E-state index is -0.172. The molecule has 9 heteroatoms. The number of rotatable bonds is 9. The quantitative estimate of drug-likeness (QED) is 0.0674. The fourth-order valence-electron chi connectivity index (χ4n) is 5.45. The summed E-state index contributed by atoms with van der Waals surface area (Å²) in [4.78, 5) is 30.9. The Balaban J connectivity index is 0.00000109. The van der Waals surface area contributed by atoms with Crippen LogP contribution in [0.2, 0.25) is 0 Å². The predicted octanol–water partition coefficient (Wildman–Crippen LogP) is 9.30. The standard InChI is InChI=1S/C31H38N4O5.C6H12.2C2H6/c1-8-23(14-18(3)21(6)36)20(5)33-22(7)34-26-16-28(38)25(15-29(26)39)24(9-2)31-19(4)27(37)17-30(40-31)35-12-10-32-11-13-35;1-6-4-2-3-5-6;2*1-2/h8-9,14-17,32,34,38-39H,7,10-13H2,1-6H3;6H,2-5H2,1H3;2*1-2H3/b18-14+,23-8-,24-9-,33-20-;;;. The van der Waals surface area contributed by atoms with E-state index in [1.165, 1.54) is 50.8 Å². The zero-order valence-corrected chi connectivity index (χ0v) is 32.4. The number of nitrogens with zero attached hydrogens (tertiary/aromatic N) is 2. The first-order valence-electron chi connectivity index (χ1n) is 18.1. The summed E-state index contributed by atoms with van der Waals surface area (Å²) in [5.74, 6) is 1.75. The van der Waals surface area contributed by atoms with Gasteiger partial charge in [0.15, 0.2) is 17.1 Å². The summed E-state index contributed by atoms with van der Waals surface area (Å²) in [5, 5.41) is 28.0. The lowest BCUT2D eigenvalue weighted by Crippen LogP contribution is -2.43. The molecule has 1 aromatic carbocycles. The Hall–Kier alpha value is -4.37. The van der Waals surface area contributed by atoms with Crippen LogP contribution in [0.4, 0.5) is 11.6 Å². The van der Waals surface area contributed by atoms with Gasteiger partial charge in [0.05, 0.1) is 5.69 Å². The molecular formula is C41H62N4O5. The molecule has 0 radical (unpaired) electrons. The van der Waals surface area contributed by atoms with Crippen LogP contribution in [0.15, 0.2) is 74.2 Å². The van der Waals surface area contributed by atoms with Crippen molar-refractivity contribution in [1.29, 1.82) is 0 Å². The number of phenols is 2. The van der Waals surface area contributed by atoms with E-state index in [2.05, 4.69) is 29.1 Å². The second kappa shape index (κ2) is 22.4. The fourth-order valence-corrected chi connectivity index (χ4v) is 5.45. The highest BCUT2D eigenvalue weighted by atomic mass is 16.4. The summed E-state index contributed by atoms with van der Waals surface area (Å²) < 4.78 is 6.20. The van der Waals surface area contributed by atoms with Gasteiger partial charge in [-0.2, -0.15) is 0 Å². The number of aromatic hydroxyl groups is 2. The third-order valence-electron chi connectivity index (χ3n) is 8.42. The number of carbonyl (C=O) groups excluding carboxylic acids is 1. The zero-order chi connectivity index (χ0) is 38.0. The van der Waals surface area contributed by atoms with Gasteiger partial charge in [-0.1, -0.05) is 79.0 Å². The van der Waals surface area contributed by atoms with Crippen molar-refractivity contribution in [2.45, 2.75) is 102 Å². The van der Waals surface area contributed by atoms with Crippen LogP contribution in [0.5, 0.6) is 11.5 Å². The lowest BCUT2D eigenvalue weighted by atomic mass is 9.98. The highest BCUT2D eigenvalue weighted by molar-refractivity contribution is 6.04. The summed E-state index contributed by atoms with van der Waals surface area (Å²) in [7, 11) is 0. The maximum Gasteiger partial charge on any atom is 0.200 e. The number of anilines is 2. The molecule has 276 valence electrons. The van der Waals surface area contributed by atoms with Crippen LogP contribution in [0, 0.1) is 12.8 Å². The Labute approximate surface area is 300 Å². The summed E-state index contributed by atoms with van der Waals surface area (Å²) in [6.45, 7) is 27.6. The molecule has 2 aliphatic rings. The molecule has 2 fully saturated rings. The second-order valence-electron chi connectivity index (χ2n) is 12.0. The molecule has 0 bridgehead atoms. The van der Waals surface area contributed by atoms with Crippen molar-refractivity contribution < 1.29 is 19.4 Å². The summed E-state index contributed by atoms with van der Waals surface area (Å²) >= 11 is 0. The molecule has 1 aliphatic heterocycles. The molecule has 4 rings (SSSR count). The Kier molecular flexibility index (Phi) is 19.5. The van der Waals surface area contributed by atoms with E-state index in [0.717, 1.165) is 24.6 Å². The number of piperazine rings is 1. The normalized spacial score (nSPS) is 15.5. The molecular weight excluding hydrogens is 628 g/mol. The molecule has 1 aliphatic carbocycles. The van der Waals surface area contributed by atoms with Gasteiger partial charge in [0.2, 0.25) is 0 Å². The van der Waals surface area contributed by atoms with Gasteiger partial charge in [-0.3, -0.25) is 9.59 Å². The molecule has 0 unspecified atom stereocenters. The van der Waals surface area contributed by atoms with Crippen LogP contribution in [0.3, 0.4) is 0 Å². The second-order valence-corrected chi connectivity index (χ2v) is 12.0. The first-order chi connectivity index (χ1) is 23.9. The molecule has 1 saturated carbocycles. The van der Waals surface area contributed by atoms with Gasteiger partial charge >= 0.3 is 0 Å². The van der Waals surface area contributed by atoms with E-state index < -0.39 is 0 Å². The molecule has 4 N–H and O–H groups in total. The number of hydrogen-bond acceptors (Lipinski definition) is 9. The number of benzene rings is 1. The molecule has 0 amide bonds. The van der Waals surface area contributed by atoms with Crippen molar-refractivity contribution in [2.24, 2.45) is 10.9 Å². The van der Waals surface area contributed by atoms with Crippen LogP contribution in [0.25, 0.3) is 5.57 Å². The van der Waals surface area contributed by atoms with Crippen LogP contribution >= 0.6 is 0 Å². The van der Waals surface area contributed by atoms with E-state index in [1.54, 1.807) is 39.8 Å².